The summed E-state index contributed by atoms with van der Waals surface area (Å²) in [6.45, 7) is 10.3. The van der Waals surface area contributed by atoms with Gasteiger partial charge in [-0.2, -0.15) is 0 Å². The summed E-state index contributed by atoms with van der Waals surface area (Å²) < 4.78 is 0. The molecule has 2 N–H and O–H groups in total. The van der Waals surface area contributed by atoms with Crippen molar-refractivity contribution in [2.45, 2.75) is 47.0 Å². The first-order valence-corrected chi connectivity index (χ1v) is 7.66. The van der Waals surface area contributed by atoms with Crippen LogP contribution in [-0.4, -0.2) is 29.2 Å². The Morgan fingerprint density at radius 1 is 1.39 bits per heavy atom. The smallest absolute Gasteiger partial charge is 0.317 e. The van der Waals surface area contributed by atoms with Crippen LogP contribution < -0.4 is 5.48 Å². The molecule has 0 saturated heterocycles. The Balaban J connectivity index is 3.39. The average Bonchev–Trinajstić information content (AvgIpc) is 2.44. The van der Waals surface area contributed by atoms with E-state index >= 15 is 0 Å². The molecule has 1 fully saturated rings. The number of ketones is 2. The second kappa shape index (κ2) is 7.08. The van der Waals surface area contributed by atoms with Gasteiger partial charge in [-0.05, 0) is 18.8 Å². The number of hydrogen-bond donors (Lipinski definition) is 2. The highest BCUT2D eigenvalue weighted by Crippen LogP contribution is 2.49. The number of Topliss-reactive ketones (excluding diaryl/α,β-unsaturated/α-hetero) is 2. The largest absolute Gasteiger partial charge is 0.480 e. The molecule has 1 saturated carbocycles. The number of carbonyl (C=O) groups excluding carboxylic acids is 2. The van der Waals surface area contributed by atoms with Crippen molar-refractivity contribution in [2.24, 2.45) is 10.8 Å². The molecule has 1 atom stereocenters. The summed E-state index contributed by atoms with van der Waals surface area (Å²) in [5, 5.41) is 9.61. The predicted octanol–water partition coefficient (Wildman–Crippen LogP) is 2.41. The molecular weight excluding hydrogens is 298 g/mol. The molecule has 1 aliphatic carbocycles. The molecule has 6 nitrogen and oxygen atoms in total. The van der Waals surface area contributed by atoms with Crippen molar-refractivity contribution in [1.29, 1.82) is 0 Å². The second-order valence-corrected chi connectivity index (χ2v) is 6.55. The molecule has 0 spiro atoms. The van der Waals surface area contributed by atoms with Crippen molar-refractivity contribution in [1.82, 2.24) is 5.48 Å². The molecule has 0 amide bonds. The van der Waals surface area contributed by atoms with E-state index in [0.29, 0.717) is 18.5 Å². The van der Waals surface area contributed by atoms with Gasteiger partial charge in [-0.15, -0.1) is 6.58 Å². The highest BCUT2D eigenvalue weighted by atomic mass is 16.6. The van der Waals surface area contributed by atoms with Gasteiger partial charge in [0.15, 0.2) is 11.6 Å². The highest BCUT2D eigenvalue weighted by Gasteiger charge is 2.59. The molecule has 0 aromatic heterocycles. The zero-order valence-electron chi connectivity index (χ0n) is 14.2. The minimum Gasteiger partial charge on any atom is -0.480 e. The molecule has 1 aliphatic rings. The molecule has 1 rings (SSSR count). The summed E-state index contributed by atoms with van der Waals surface area (Å²) in [5.74, 6) is -2.23. The van der Waals surface area contributed by atoms with Crippen LogP contribution in [0.2, 0.25) is 0 Å². The van der Waals surface area contributed by atoms with Crippen molar-refractivity contribution in [3.05, 3.63) is 23.9 Å². The maximum Gasteiger partial charge on any atom is 0.317 e. The van der Waals surface area contributed by atoms with Crippen LogP contribution in [0.4, 0.5) is 0 Å². The van der Waals surface area contributed by atoms with Crippen LogP contribution >= 0.6 is 0 Å². The number of rotatable bonds is 7. The Kier molecular flexibility index (Phi) is 5.88. The number of allylic oxidation sites excluding steroid dienone is 2. The Labute approximate surface area is 136 Å². The topological polar surface area (TPSA) is 92.7 Å². The number of hydrogen-bond acceptors (Lipinski definition) is 5. The first-order valence-electron chi connectivity index (χ1n) is 7.66. The van der Waals surface area contributed by atoms with Gasteiger partial charge in [0.2, 0.25) is 0 Å². The van der Waals surface area contributed by atoms with Crippen LogP contribution in [0.1, 0.15) is 47.0 Å². The molecule has 1 unspecified atom stereocenters. The Hall–Kier alpha value is -1.95. The normalized spacial score (nSPS) is 25.9. The van der Waals surface area contributed by atoms with Gasteiger partial charge in [0.1, 0.15) is 5.41 Å². The average molecular weight is 323 g/mol. The lowest BCUT2D eigenvalue weighted by atomic mass is 9.56. The monoisotopic (exact) mass is 323 g/mol. The molecule has 0 aliphatic heterocycles. The summed E-state index contributed by atoms with van der Waals surface area (Å²) in [7, 11) is 0. The lowest BCUT2D eigenvalue weighted by Gasteiger charge is -2.43. The van der Waals surface area contributed by atoms with Crippen LogP contribution in [0.15, 0.2) is 23.9 Å². The van der Waals surface area contributed by atoms with Crippen molar-refractivity contribution < 1.29 is 24.3 Å². The highest BCUT2D eigenvalue weighted by molar-refractivity contribution is 6.29. The molecule has 128 valence electrons. The molecule has 0 aromatic carbocycles. The van der Waals surface area contributed by atoms with E-state index in [-0.39, 0.29) is 24.4 Å². The SMILES string of the molecule is C=CCONC(CCC)=C1C(=O)CC(C)(C)C(C)(C(=O)O)C1=O. The minimum atomic E-state index is -1.66. The third kappa shape index (κ3) is 3.37. The van der Waals surface area contributed by atoms with Gasteiger partial charge in [-0.1, -0.05) is 33.3 Å². The van der Waals surface area contributed by atoms with Crippen LogP contribution in [0, 0.1) is 10.8 Å². The maximum absolute atomic E-state index is 12.9. The molecule has 6 heteroatoms. The molecule has 0 radical (unpaired) electrons. The van der Waals surface area contributed by atoms with Gasteiger partial charge < -0.3 is 5.11 Å². The van der Waals surface area contributed by atoms with Crippen molar-refractivity contribution in [2.75, 3.05) is 6.61 Å². The van der Waals surface area contributed by atoms with E-state index < -0.39 is 22.6 Å². The number of nitrogens with one attached hydrogen (secondary N) is 1. The fourth-order valence-electron chi connectivity index (χ4n) is 2.71. The number of carboxylic acid groups (broad SMARTS) is 1. The Bertz CT molecular complexity index is 561. The first kappa shape index (κ1) is 19.1. The van der Waals surface area contributed by atoms with Crippen LogP contribution in [0.5, 0.6) is 0 Å². The predicted molar refractivity (Wildman–Crippen MR) is 85.4 cm³/mol. The van der Waals surface area contributed by atoms with E-state index in [1.807, 2.05) is 6.92 Å². The molecule has 0 heterocycles. The second-order valence-electron chi connectivity index (χ2n) is 6.55. The fraction of sp³-hybridized carbons (Fsp3) is 0.588. The van der Waals surface area contributed by atoms with E-state index in [1.54, 1.807) is 13.8 Å². The molecule has 0 aromatic rings. The third-order valence-electron chi connectivity index (χ3n) is 4.54. The van der Waals surface area contributed by atoms with E-state index in [0.717, 1.165) is 0 Å². The molecule has 23 heavy (non-hydrogen) atoms. The summed E-state index contributed by atoms with van der Waals surface area (Å²) in [6, 6.07) is 0. The quantitative estimate of drug-likeness (QED) is 0.187. The van der Waals surface area contributed by atoms with Gasteiger partial charge >= 0.3 is 5.97 Å². The van der Waals surface area contributed by atoms with E-state index in [1.165, 1.54) is 13.0 Å². The zero-order valence-corrected chi connectivity index (χ0v) is 14.2. The van der Waals surface area contributed by atoms with Gasteiger partial charge in [-0.25, -0.2) is 0 Å². The Morgan fingerprint density at radius 3 is 2.48 bits per heavy atom. The van der Waals surface area contributed by atoms with Gasteiger partial charge in [-0.3, -0.25) is 24.7 Å². The van der Waals surface area contributed by atoms with E-state index in [4.69, 9.17) is 4.84 Å². The number of hydroxylamine groups is 1. The first-order chi connectivity index (χ1) is 10.6. The standard InChI is InChI=1S/C17H25NO5/c1-6-8-11(18-23-9-7-2)13-12(19)10-16(3,4)17(5,14(13)20)15(21)22/h7,18H,2,6,8-10H2,1,3-5H3,(H,21,22). The summed E-state index contributed by atoms with van der Waals surface area (Å²) in [5.41, 5.74) is 0.267. The van der Waals surface area contributed by atoms with Gasteiger partial charge in [0, 0.05) is 6.42 Å². The lowest BCUT2D eigenvalue weighted by Crippen LogP contribution is -2.55. The minimum absolute atomic E-state index is 0.00672. The van der Waals surface area contributed by atoms with E-state index in [2.05, 4.69) is 12.1 Å². The summed E-state index contributed by atoms with van der Waals surface area (Å²) in [4.78, 5) is 42.3. The van der Waals surface area contributed by atoms with Crippen LogP contribution in [0.25, 0.3) is 0 Å². The van der Waals surface area contributed by atoms with Crippen molar-refractivity contribution in [3.8, 4) is 0 Å². The summed E-state index contributed by atoms with van der Waals surface area (Å²) >= 11 is 0. The number of carboxylic acids is 1. The van der Waals surface area contributed by atoms with Crippen molar-refractivity contribution >= 4 is 17.5 Å². The third-order valence-corrected chi connectivity index (χ3v) is 4.54. The molecule has 0 bridgehead atoms. The fourth-order valence-corrected chi connectivity index (χ4v) is 2.71. The summed E-state index contributed by atoms with van der Waals surface area (Å²) in [6.07, 6.45) is 2.61. The lowest BCUT2D eigenvalue weighted by molar-refractivity contribution is -0.163. The van der Waals surface area contributed by atoms with Crippen molar-refractivity contribution in [3.63, 3.8) is 0 Å². The number of carbonyl (C=O) groups is 3. The number of aliphatic carboxylic acids is 1. The van der Waals surface area contributed by atoms with Crippen LogP contribution in [-0.2, 0) is 19.2 Å². The zero-order chi connectivity index (χ0) is 17.8. The molecular formula is C17H25NO5. The van der Waals surface area contributed by atoms with Gasteiger partial charge in [0.25, 0.3) is 0 Å². The van der Waals surface area contributed by atoms with Crippen LogP contribution in [0.3, 0.4) is 0 Å². The van der Waals surface area contributed by atoms with Gasteiger partial charge in [0.05, 0.1) is 17.9 Å². The Morgan fingerprint density at radius 2 is 2.00 bits per heavy atom. The van der Waals surface area contributed by atoms with E-state index in [9.17, 15) is 19.5 Å². The maximum atomic E-state index is 12.9.